The largest absolute Gasteiger partial charge is 0.383 e. The van der Waals surface area contributed by atoms with Crippen molar-refractivity contribution in [2.24, 2.45) is 5.92 Å². The number of nitrogens with zero attached hydrogens (tertiary/aromatic N) is 3. The number of piperidine rings is 1. The molecule has 1 amide bonds. The molecule has 5 rings (SSSR count). The van der Waals surface area contributed by atoms with Gasteiger partial charge in [0.05, 0.1) is 41.5 Å². The number of rotatable bonds is 6. The number of fused-ring (bicyclic) bond motifs is 1. The number of ether oxygens (including phenoxy) is 1. The number of hydrogen-bond donors (Lipinski definition) is 2. The molecule has 4 heterocycles. The third-order valence-electron chi connectivity index (χ3n) is 7.42. The summed E-state index contributed by atoms with van der Waals surface area (Å²) in [4.78, 5) is 23.3. The maximum absolute atomic E-state index is 14.7. The summed E-state index contributed by atoms with van der Waals surface area (Å²) in [6, 6.07) is 6.83. The van der Waals surface area contributed by atoms with Crippen LogP contribution in [-0.2, 0) is 15.1 Å². The zero-order valence-corrected chi connectivity index (χ0v) is 20.5. The van der Waals surface area contributed by atoms with Crippen molar-refractivity contribution in [2.75, 3.05) is 31.6 Å². The van der Waals surface area contributed by atoms with Crippen molar-refractivity contribution in [3.05, 3.63) is 65.4 Å². The molecule has 0 saturated carbocycles. The minimum atomic E-state index is -2.91. The van der Waals surface area contributed by atoms with Crippen LogP contribution in [0.4, 0.5) is 18.9 Å². The van der Waals surface area contributed by atoms with Gasteiger partial charge in [0.2, 0.25) is 5.91 Å². The lowest BCUT2D eigenvalue weighted by molar-refractivity contribution is -0.140. The molecule has 0 bridgehead atoms. The molecular formula is C27H29F3N4O3. The highest BCUT2D eigenvalue weighted by atomic mass is 19.3. The SMILES string of the molecule is C[C@@H](Nc1ccnc2cnc(C3(O)CCN(C(=O)[C@H]4CCOC4)CC3)cc12)c1cccc(C(F)F)c1F. The van der Waals surface area contributed by atoms with Crippen LogP contribution in [-0.4, -0.2) is 52.2 Å². The molecule has 2 aromatic heterocycles. The molecule has 2 atom stereocenters. The molecule has 0 unspecified atom stereocenters. The van der Waals surface area contributed by atoms with Crippen LogP contribution in [0.1, 0.15) is 55.5 Å². The van der Waals surface area contributed by atoms with Gasteiger partial charge in [-0.05, 0) is 38.3 Å². The van der Waals surface area contributed by atoms with Crippen molar-refractivity contribution in [3.8, 4) is 0 Å². The lowest BCUT2D eigenvalue weighted by atomic mass is 9.86. The number of halogens is 3. The van der Waals surface area contributed by atoms with Crippen LogP contribution >= 0.6 is 0 Å². The molecule has 3 aromatic rings. The van der Waals surface area contributed by atoms with Crippen LogP contribution in [0.25, 0.3) is 10.9 Å². The van der Waals surface area contributed by atoms with E-state index < -0.39 is 29.4 Å². The smallest absolute Gasteiger partial charge is 0.266 e. The van der Waals surface area contributed by atoms with Gasteiger partial charge in [0.1, 0.15) is 11.4 Å². The minimum absolute atomic E-state index is 0.0684. The van der Waals surface area contributed by atoms with Crippen LogP contribution in [0.15, 0.2) is 42.7 Å². The molecule has 2 aliphatic heterocycles. The van der Waals surface area contributed by atoms with E-state index in [1.165, 1.54) is 12.1 Å². The quantitative estimate of drug-likeness (QED) is 0.495. The van der Waals surface area contributed by atoms with E-state index in [1.807, 2.05) is 0 Å². The number of nitrogens with one attached hydrogen (secondary N) is 1. The van der Waals surface area contributed by atoms with E-state index >= 15 is 0 Å². The number of aromatic nitrogens is 2. The Balaban J connectivity index is 1.37. The van der Waals surface area contributed by atoms with Crippen molar-refractivity contribution < 1.29 is 27.8 Å². The molecule has 196 valence electrons. The zero-order chi connectivity index (χ0) is 26.2. The van der Waals surface area contributed by atoms with Gasteiger partial charge in [-0.25, -0.2) is 13.2 Å². The zero-order valence-electron chi connectivity index (χ0n) is 20.5. The third kappa shape index (κ3) is 5.00. The molecule has 0 aliphatic carbocycles. The van der Waals surface area contributed by atoms with Gasteiger partial charge in [-0.2, -0.15) is 0 Å². The number of amides is 1. The Kier molecular flexibility index (Phi) is 7.04. The summed E-state index contributed by atoms with van der Waals surface area (Å²) >= 11 is 0. The summed E-state index contributed by atoms with van der Waals surface area (Å²) in [5.74, 6) is -0.977. The molecule has 7 nitrogen and oxygen atoms in total. The fourth-order valence-corrected chi connectivity index (χ4v) is 5.15. The second-order valence-electron chi connectivity index (χ2n) is 9.78. The van der Waals surface area contributed by atoms with Crippen LogP contribution in [0, 0.1) is 11.7 Å². The number of hydrogen-bond acceptors (Lipinski definition) is 6. The molecule has 2 aliphatic rings. The van der Waals surface area contributed by atoms with Crippen LogP contribution in [0.5, 0.6) is 0 Å². The Morgan fingerprint density at radius 2 is 1.97 bits per heavy atom. The third-order valence-corrected chi connectivity index (χ3v) is 7.42. The van der Waals surface area contributed by atoms with Crippen molar-refractivity contribution in [3.63, 3.8) is 0 Å². The number of benzene rings is 1. The fourth-order valence-electron chi connectivity index (χ4n) is 5.15. The number of pyridine rings is 2. The Morgan fingerprint density at radius 3 is 2.68 bits per heavy atom. The van der Waals surface area contributed by atoms with Gasteiger partial charge in [-0.15, -0.1) is 0 Å². The van der Waals surface area contributed by atoms with Crippen LogP contribution in [0.3, 0.4) is 0 Å². The van der Waals surface area contributed by atoms with Gasteiger partial charge in [0, 0.05) is 42.5 Å². The van der Waals surface area contributed by atoms with Crippen molar-refractivity contribution in [1.82, 2.24) is 14.9 Å². The standard InChI is InChI=1S/C27H29F3N4O3/c1-16(18-3-2-4-19(24(18)28)25(29)30)33-21-5-9-31-22-14-32-23(13-20(21)22)27(36)7-10-34(11-8-27)26(35)17-6-12-37-15-17/h2-5,9,13-14,16-17,25,36H,6-8,10-12,15H2,1H3,(H,31,33)/t16-,17+/m1/s1. The Hall–Kier alpha value is -3.24. The maximum atomic E-state index is 14.7. The van der Waals surface area contributed by atoms with Crippen molar-refractivity contribution in [1.29, 1.82) is 0 Å². The maximum Gasteiger partial charge on any atom is 0.266 e. The first-order valence-electron chi connectivity index (χ1n) is 12.4. The second-order valence-corrected chi connectivity index (χ2v) is 9.78. The average Bonchev–Trinajstić information content (AvgIpc) is 3.44. The van der Waals surface area contributed by atoms with Crippen LogP contribution in [0.2, 0.25) is 0 Å². The van der Waals surface area contributed by atoms with E-state index in [-0.39, 0.29) is 17.4 Å². The predicted octanol–water partition coefficient (Wildman–Crippen LogP) is 4.73. The number of aliphatic hydroxyl groups is 1. The first kappa shape index (κ1) is 25.4. The normalized spacial score (nSPS) is 20.4. The van der Waals surface area contributed by atoms with Gasteiger partial charge in [-0.1, -0.05) is 18.2 Å². The molecule has 37 heavy (non-hydrogen) atoms. The summed E-state index contributed by atoms with van der Waals surface area (Å²) in [5, 5.41) is 15.3. The van der Waals surface area contributed by atoms with Gasteiger partial charge in [0.25, 0.3) is 6.43 Å². The first-order chi connectivity index (χ1) is 17.8. The average molecular weight is 515 g/mol. The number of carbonyl (C=O) groups is 1. The highest BCUT2D eigenvalue weighted by molar-refractivity contribution is 5.91. The van der Waals surface area contributed by atoms with E-state index in [2.05, 4.69) is 15.3 Å². The Bertz CT molecular complexity index is 1290. The number of alkyl halides is 2. The lowest BCUT2D eigenvalue weighted by Gasteiger charge is -2.38. The van der Waals surface area contributed by atoms with Crippen LogP contribution < -0.4 is 5.32 Å². The molecule has 10 heteroatoms. The van der Waals surface area contributed by atoms with Crippen molar-refractivity contribution in [2.45, 2.75) is 44.3 Å². The molecule has 2 saturated heterocycles. The van der Waals surface area contributed by atoms with E-state index in [1.54, 1.807) is 36.4 Å². The van der Waals surface area contributed by atoms with E-state index in [0.717, 1.165) is 12.5 Å². The molecule has 1 aromatic carbocycles. The van der Waals surface area contributed by atoms with Gasteiger partial charge >= 0.3 is 0 Å². The highest BCUT2D eigenvalue weighted by Gasteiger charge is 2.39. The van der Waals surface area contributed by atoms with Crippen molar-refractivity contribution >= 4 is 22.5 Å². The van der Waals surface area contributed by atoms with E-state index in [9.17, 15) is 23.1 Å². The van der Waals surface area contributed by atoms with E-state index in [4.69, 9.17) is 4.74 Å². The number of likely N-dealkylation sites (tertiary alicyclic amines) is 1. The predicted molar refractivity (Wildman–Crippen MR) is 132 cm³/mol. The summed E-state index contributed by atoms with van der Waals surface area (Å²) < 4.78 is 46.4. The lowest BCUT2D eigenvalue weighted by Crippen LogP contribution is -2.47. The summed E-state index contributed by atoms with van der Waals surface area (Å²) in [5.41, 5.74) is -0.0789. The summed E-state index contributed by atoms with van der Waals surface area (Å²) in [6.07, 6.45) is 1.66. The summed E-state index contributed by atoms with van der Waals surface area (Å²) in [7, 11) is 0. The topological polar surface area (TPSA) is 87.6 Å². The first-order valence-corrected chi connectivity index (χ1v) is 12.4. The fraction of sp³-hybridized carbons (Fsp3) is 0.444. The number of anilines is 1. The van der Waals surface area contributed by atoms with Gasteiger partial charge in [0.15, 0.2) is 0 Å². The monoisotopic (exact) mass is 514 g/mol. The van der Waals surface area contributed by atoms with Gasteiger partial charge < -0.3 is 20.1 Å². The molecule has 2 N–H and O–H groups in total. The van der Waals surface area contributed by atoms with Gasteiger partial charge in [-0.3, -0.25) is 14.8 Å². The van der Waals surface area contributed by atoms with E-state index in [0.29, 0.717) is 61.4 Å². The molecule has 2 fully saturated rings. The molecular weight excluding hydrogens is 485 g/mol. The number of carbonyl (C=O) groups excluding carboxylic acids is 1. The molecule has 0 spiro atoms. The molecule has 0 radical (unpaired) electrons. The minimum Gasteiger partial charge on any atom is -0.383 e. The Morgan fingerprint density at radius 1 is 1.22 bits per heavy atom. The Labute approximate surface area is 212 Å². The summed E-state index contributed by atoms with van der Waals surface area (Å²) in [6.45, 7) is 3.57. The highest BCUT2D eigenvalue weighted by Crippen LogP contribution is 2.36. The second kappa shape index (κ2) is 10.3.